The Morgan fingerprint density at radius 3 is 2.50 bits per heavy atom. The van der Waals surface area contributed by atoms with Crippen LogP contribution >= 0.6 is 0 Å². The highest BCUT2D eigenvalue weighted by atomic mass is 16.5. The molecule has 0 radical (unpaired) electrons. The lowest BCUT2D eigenvalue weighted by atomic mass is 9.77. The molecule has 1 heterocycles. The molecular weight excluding hydrogens is 338 g/mol. The molecule has 2 rings (SSSR count). The lowest BCUT2D eigenvalue weighted by Gasteiger charge is -2.33. The summed E-state index contributed by atoms with van der Waals surface area (Å²) in [7, 11) is 1.29. The Morgan fingerprint density at radius 1 is 1.35 bits per heavy atom. The number of methoxy groups -OCH3 is 1. The Morgan fingerprint density at radius 2 is 1.96 bits per heavy atom. The Balaban J connectivity index is 2.01. The van der Waals surface area contributed by atoms with Crippen molar-refractivity contribution >= 4 is 23.8 Å². The van der Waals surface area contributed by atoms with Crippen LogP contribution in [0.4, 0.5) is 4.79 Å². The molecule has 1 saturated heterocycles. The monoisotopic (exact) mass is 367 g/mol. The maximum Gasteiger partial charge on any atom is 0.325 e. The summed E-state index contributed by atoms with van der Waals surface area (Å²) in [6.45, 7) is 5.36. The molecule has 2 N–H and O–H groups in total. The average Bonchev–Trinajstić information content (AvgIpc) is 2.81. The van der Waals surface area contributed by atoms with E-state index in [1.54, 1.807) is 6.92 Å². The number of hydrogen-bond donors (Lipinski definition) is 2. The van der Waals surface area contributed by atoms with E-state index in [4.69, 9.17) is 0 Å². The summed E-state index contributed by atoms with van der Waals surface area (Å²) in [5, 5.41) is 5.56. The predicted octanol–water partition coefficient (Wildman–Crippen LogP) is 1.34. The molecule has 1 aliphatic heterocycles. The highest BCUT2D eigenvalue weighted by molar-refractivity contribution is 6.09. The zero-order chi connectivity index (χ0) is 19.5. The van der Waals surface area contributed by atoms with E-state index in [0.717, 1.165) is 17.7 Å². The van der Waals surface area contributed by atoms with Crippen molar-refractivity contribution in [3.8, 4) is 0 Å². The van der Waals surface area contributed by atoms with Gasteiger partial charge in [-0.15, -0.1) is 0 Å². The van der Waals surface area contributed by atoms with E-state index in [0.29, 0.717) is 25.2 Å². The Bertz CT molecular complexity index is 598. The normalized spacial score (nSPS) is 27.8. The second kappa shape index (κ2) is 7.63. The molecule has 4 amide bonds. The molecule has 2 aliphatic rings. The first kappa shape index (κ1) is 20.2. The fourth-order valence-electron chi connectivity index (χ4n) is 3.58. The molecule has 2 fully saturated rings. The standard InChI is InChI=1S/C18H29N3O5/c1-5-17(3,10-14(23)26-4)19-13(22)11-21-15(24)18(20-16(21)25)8-6-12(2)7-9-18/h12H,5-11H2,1-4H3,(H,19,22)(H,20,25)/t12?,17-,18?/m0/s1. The van der Waals surface area contributed by atoms with Crippen molar-refractivity contribution < 1.29 is 23.9 Å². The van der Waals surface area contributed by atoms with Gasteiger partial charge in [-0.3, -0.25) is 19.3 Å². The predicted molar refractivity (Wildman–Crippen MR) is 94.1 cm³/mol. The minimum Gasteiger partial charge on any atom is -0.469 e. The van der Waals surface area contributed by atoms with Gasteiger partial charge in [0.2, 0.25) is 5.91 Å². The summed E-state index contributed by atoms with van der Waals surface area (Å²) in [4.78, 5) is 50.0. The number of amides is 4. The summed E-state index contributed by atoms with van der Waals surface area (Å²) in [6.07, 6.45) is 3.49. The third kappa shape index (κ3) is 4.16. The lowest BCUT2D eigenvalue weighted by molar-refractivity contribution is -0.143. The SMILES string of the molecule is CC[C@@](C)(CC(=O)OC)NC(=O)CN1C(=O)NC2(CCC(C)CC2)C1=O. The third-order valence-electron chi connectivity index (χ3n) is 5.66. The van der Waals surface area contributed by atoms with Gasteiger partial charge in [0.15, 0.2) is 0 Å². The van der Waals surface area contributed by atoms with Crippen LogP contribution in [0.3, 0.4) is 0 Å². The Hall–Kier alpha value is -2.12. The van der Waals surface area contributed by atoms with Gasteiger partial charge < -0.3 is 15.4 Å². The minimum atomic E-state index is -0.857. The zero-order valence-electron chi connectivity index (χ0n) is 16.0. The number of rotatable bonds is 6. The van der Waals surface area contributed by atoms with E-state index < -0.39 is 29.0 Å². The molecular formula is C18H29N3O5. The van der Waals surface area contributed by atoms with Gasteiger partial charge in [-0.25, -0.2) is 4.79 Å². The van der Waals surface area contributed by atoms with Gasteiger partial charge in [0.25, 0.3) is 5.91 Å². The molecule has 8 heteroatoms. The largest absolute Gasteiger partial charge is 0.469 e. The van der Waals surface area contributed by atoms with Crippen molar-refractivity contribution in [1.82, 2.24) is 15.5 Å². The topological polar surface area (TPSA) is 105 Å². The molecule has 1 atom stereocenters. The van der Waals surface area contributed by atoms with E-state index in [-0.39, 0.29) is 18.9 Å². The molecule has 26 heavy (non-hydrogen) atoms. The summed E-state index contributed by atoms with van der Waals surface area (Å²) < 4.78 is 4.66. The van der Waals surface area contributed by atoms with E-state index in [1.165, 1.54) is 7.11 Å². The van der Waals surface area contributed by atoms with Crippen molar-refractivity contribution in [3.05, 3.63) is 0 Å². The van der Waals surface area contributed by atoms with Gasteiger partial charge in [-0.1, -0.05) is 13.8 Å². The number of hydrogen-bond acceptors (Lipinski definition) is 5. The zero-order valence-corrected chi connectivity index (χ0v) is 16.0. The van der Waals surface area contributed by atoms with Crippen molar-refractivity contribution in [2.45, 2.75) is 70.4 Å². The van der Waals surface area contributed by atoms with Gasteiger partial charge in [-0.05, 0) is 44.9 Å². The fourth-order valence-corrected chi connectivity index (χ4v) is 3.58. The molecule has 8 nitrogen and oxygen atoms in total. The van der Waals surface area contributed by atoms with E-state index in [9.17, 15) is 19.2 Å². The molecule has 0 aromatic carbocycles. The highest BCUT2D eigenvalue weighted by Gasteiger charge is 2.52. The number of imide groups is 1. The van der Waals surface area contributed by atoms with Gasteiger partial charge in [0.05, 0.1) is 13.5 Å². The van der Waals surface area contributed by atoms with Crippen LogP contribution in [0.2, 0.25) is 0 Å². The molecule has 0 aromatic rings. The quantitative estimate of drug-likeness (QED) is 0.544. The average molecular weight is 367 g/mol. The first-order valence-electron chi connectivity index (χ1n) is 9.16. The molecule has 1 saturated carbocycles. The van der Waals surface area contributed by atoms with Crippen LogP contribution in [0, 0.1) is 5.92 Å². The maximum absolute atomic E-state index is 12.8. The van der Waals surface area contributed by atoms with Gasteiger partial charge in [-0.2, -0.15) is 0 Å². The van der Waals surface area contributed by atoms with Crippen LogP contribution < -0.4 is 10.6 Å². The summed E-state index contributed by atoms with van der Waals surface area (Å²) in [5.41, 5.74) is -1.65. The van der Waals surface area contributed by atoms with Crippen molar-refractivity contribution in [2.24, 2.45) is 5.92 Å². The highest BCUT2D eigenvalue weighted by Crippen LogP contribution is 2.36. The molecule has 0 aromatic heterocycles. The number of esters is 1. The molecule has 0 bridgehead atoms. The van der Waals surface area contributed by atoms with Crippen molar-refractivity contribution in [2.75, 3.05) is 13.7 Å². The third-order valence-corrected chi connectivity index (χ3v) is 5.66. The number of carbonyl (C=O) groups is 4. The van der Waals surface area contributed by atoms with Crippen LogP contribution in [-0.4, -0.2) is 53.4 Å². The number of ether oxygens (including phenoxy) is 1. The summed E-state index contributed by atoms with van der Waals surface area (Å²) in [6, 6.07) is -0.522. The molecule has 1 spiro atoms. The smallest absolute Gasteiger partial charge is 0.325 e. The second-order valence-electron chi connectivity index (χ2n) is 7.80. The number of nitrogens with zero attached hydrogens (tertiary/aromatic N) is 1. The van der Waals surface area contributed by atoms with Crippen LogP contribution in [-0.2, 0) is 19.1 Å². The molecule has 146 valence electrons. The summed E-state index contributed by atoms with van der Waals surface area (Å²) in [5.74, 6) is -0.690. The maximum atomic E-state index is 12.8. The van der Waals surface area contributed by atoms with Crippen LogP contribution in [0.25, 0.3) is 0 Å². The number of nitrogens with one attached hydrogen (secondary N) is 2. The van der Waals surface area contributed by atoms with Crippen LogP contribution in [0.5, 0.6) is 0 Å². The lowest BCUT2D eigenvalue weighted by Crippen LogP contribution is -2.52. The molecule has 0 unspecified atom stereocenters. The van der Waals surface area contributed by atoms with Crippen LogP contribution in [0.1, 0.15) is 59.3 Å². The van der Waals surface area contributed by atoms with Crippen molar-refractivity contribution in [3.63, 3.8) is 0 Å². The van der Waals surface area contributed by atoms with Gasteiger partial charge in [0, 0.05) is 5.54 Å². The van der Waals surface area contributed by atoms with Crippen molar-refractivity contribution in [1.29, 1.82) is 0 Å². The van der Waals surface area contributed by atoms with Gasteiger partial charge >= 0.3 is 12.0 Å². The van der Waals surface area contributed by atoms with Gasteiger partial charge in [0.1, 0.15) is 12.1 Å². The Labute approximate surface area is 154 Å². The first-order valence-corrected chi connectivity index (χ1v) is 9.16. The first-order chi connectivity index (χ1) is 12.1. The van der Waals surface area contributed by atoms with E-state index >= 15 is 0 Å². The molecule has 1 aliphatic carbocycles. The van der Waals surface area contributed by atoms with E-state index in [2.05, 4.69) is 22.3 Å². The minimum absolute atomic E-state index is 0.0215. The number of carbonyl (C=O) groups excluding carboxylic acids is 4. The van der Waals surface area contributed by atoms with Crippen LogP contribution in [0.15, 0.2) is 0 Å². The summed E-state index contributed by atoms with van der Waals surface area (Å²) >= 11 is 0. The second-order valence-corrected chi connectivity index (χ2v) is 7.80. The Kier molecular flexibility index (Phi) is 5.93. The number of urea groups is 1. The van der Waals surface area contributed by atoms with E-state index in [1.807, 2.05) is 6.92 Å². The fraction of sp³-hybridized carbons (Fsp3) is 0.778.